The summed E-state index contributed by atoms with van der Waals surface area (Å²) in [5.74, 6) is 0. The van der Waals surface area contributed by atoms with Crippen LogP contribution in [-0.2, 0) is 24.8 Å². The molecular weight excluding hydrogens is 206 g/mol. The molecule has 1 aliphatic rings. The van der Waals surface area contributed by atoms with E-state index in [1.54, 1.807) is 4.68 Å². The lowest BCUT2D eigenvalue weighted by Gasteiger charge is -2.26. The lowest BCUT2D eigenvalue weighted by molar-refractivity contribution is 0.0383. The quantitative estimate of drug-likeness (QED) is 0.770. The van der Waals surface area contributed by atoms with E-state index in [0.29, 0.717) is 0 Å². The van der Waals surface area contributed by atoms with Crippen molar-refractivity contribution in [1.82, 2.24) is 14.7 Å². The van der Waals surface area contributed by atoms with Gasteiger partial charge in [0.25, 0.3) is 0 Å². The highest BCUT2D eigenvalue weighted by molar-refractivity contribution is 5.09. The van der Waals surface area contributed by atoms with Gasteiger partial charge in [-0.3, -0.25) is 9.58 Å². The summed E-state index contributed by atoms with van der Waals surface area (Å²) in [6.07, 6.45) is 0.938. The van der Waals surface area contributed by atoms with Gasteiger partial charge in [0.1, 0.15) is 0 Å². The zero-order valence-corrected chi connectivity index (χ0v) is 9.72. The van der Waals surface area contributed by atoms with Crippen molar-refractivity contribution in [2.24, 2.45) is 7.05 Å². The summed E-state index contributed by atoms with van der Waals surface area (Å²) in [4.78, 5) is 2.39. The lowest BCUT2D eigenvalue weighted by Crippen LogP contribution is -2.37. The van der Waals surface area contributed by atoms with Gasteiger partial charge in [0.2, 0.25) is 0 Å². The molecule has 0 radical (unpaired) electrons. The smallest absolute Gasteiger partial charge is 0.0849 e. The SMILES string of the molecule is Cn1nc(CCN2CCOCC2)cc1CO. The molecule has 1 aromatic rings. The third-order valence-corrected chi connectivity index (χ3v) is 2.98. The zero-order valence-electron chi connectivity index (χ0n) is 9.72. The van der Waals surface area contributed by atoms with E-state index in [2.05, 4.69) is 10.00 Å². The van der Waals surface area contributed by atoms with Crippen molar-refractivity contribution < 1.29 is 9.84 Å². The summed E-state index contributed by atoms with van der Waals surface area (Å²) in [7, 11) is 1.86. The van der Waals surface area contributed by atoms with Crippen LogP contribution in [0.4, 0.5) is 0 Å². The molecule has 90 valence electrons. The van der Waals surface area contributed by atoms with Gasteiger partial charge in [-0.2, -0.15) is 5.10 Å². The predicted molar refractivity (Wildman–Crippen MR) is 60.1 cm³/mol. The number of aromatic nitrogens is 2. The number of morpholine rings is 1. The zero-order chi connectivity index (χ0) is 11.4. The number of hydrogen-bond donors (Lipinski definition) is 1. The first-order valence-corrected chi connectivity index (χ1v) is 5.72. The molecule has 0 aliphatic carbocycles. The molecule has 0 saturated carbocycles. The van der Waals surface area contributed by atoms with Gasteiger partial charge in [0, 0.05) is 33.1 Å². The molecule has 5 heteroatoms. The van der Waals surface area contributed by atoms with E-state index in [0.717, 1.165) is 50.7 Å². The number of rotatable bonds is 4. The van der Waals surface area contributed by atoms with E-state index >= 15 is 0 Å². The number of aliphatic hydroxyl groups is 1. The Morgan fingerprint density at radius 1 is 1.44 bits per heavy atom. The molecule has 0 atom stereocenters. The van der Waals surface area contributed by atoms with E-state index < -0.39 is 0 Å². The molecule has 0 bridgehead atoms. The average molecular weight is 225 g/mol. The molecule has 1 aromatic heterocycles. The minimum absolute atomic E-state index is 0.0566. The largest absolute Gasteiger partial charge is 0.390 e. The molecule has 1 aliphatic heterocycles. The Labute approximate surface area is 95.6 Å². The number of hydrogen-bond acceptors (Lipinski definition) is 4. The summed E-state index contributed by atoms with van der Waals surface area (Å²) >= 11 is 0. The minimum atomic E-state index is 0.0566. The van der Waals surface area contributed by atoms with Crippen molar-refractivity contribution in [2.75, 3.05) is 32.8 Å². The topological polar surface area (TPSA) is 50.5 Å². The first kappa shape index (κ1) is 11.6. The molecule has 0 amide bonds. The van der Waals surface area contributed by atoms with E-state index in [-0.39, 0.29) is 6.61 Å². The van der Waals surface area contributed by atoms with Crippen LogP contribution in [0, 0.1) is 0 Å². The maximum absolute atomic E-state index is 9.06. The van der Waals surface area contributed by atoms with Gasteiger partial charge in [-0.15, -0.1) is 0 Å². The molecule has 0 spiro atoms. The van der Waals surface area contributed by atoms with Gasteiger partial charge in [0.05, 0.1) is 31.2 Å². The summed E-state index contributed by atoms with van der Waals surface area (Å²) in [6, 6.07) is 1.97. The Hall–Kier alpha value is -0.910. The number of ether oxygens (including phenoxy) is 1. The fraction of sp³-hybridized carbons (Fsp3) is 0.727. The van der Waals surface area contributed by atoms with Crippen LogP contribution < -0.4 is 0 Å². The molecule has 2 heterocycles. The second kappa shape index (κ2) is 5.43. The van der Waals surface area contributed by atoms with Crippen LogP contribution in [0.5, 0.6) is 0 Å². The average Bonchev–Trinajstić information content (AvgIpc) is 2.69. The number of nitrogens with zero attached hydrogens (tertiary/aromatic N) is 3. The van der Waals surface area contributed by atoms with Crippen molar-refractivity contribution in [3.8, 4) is 0 Å². The maximum atomic E-state index is 9.06. The minimum Gasteiger partial charge on any atom is -0.390 e. The van der Waals surface area contributed by atoms with E-state index in [9.17, 15) is 0 Å². The van der Waals surface area contributed by atoms with Gasteiger partial charge in [-0.25, -0.2) is 0 Å². The molecule has 0 aromatic carbocycles. The Morgan fingerprint density at radius 3 is 2.81 bits per heavy atom. The van der Waals surface area contributed by atoms with E-state index in [4.69, 9.17) is 9.84 Å². The van der Waals surface area contributed by atoms with Crippen molar-refractivity contribution >= 4 is 0 Å². The molecular formula is C11H19N3O2. The van der Waals surface area contributed by atoms with Crippen LogP contribution >= 0.6 is 0 Å². The lowest BCUT2D eigenvalue weighted by atomic mass is 10.2. The molecule has 1 N–H and O–H groups in total. The Kier molecular flexibility index (Phi) is 3.93. The van der Waals surface area contributed by atoms with E-state index in [1.165, 1.54) is 0 Å². The molecule has 5 nitrogen and oxygen atoms in total. The fourth-order valence-corrected chi connectivity index (χ4v) is 1.94. The van der Waals surface area contributed by atoms with Crippen molar-refractivity contribution in [2.45, 2.75) is 13.0 Å². The van der Waals surface area contributed by atoms with Crippen LogP contribution in [0.15, 0.2) is 6.07 Å². The summed E-state index contributed by atoms with van der Waals surface area (Å²) in [5.41, 5.74) is 1.93. The standard InChI is InChI=1S/C11H19N3O2/c1-13-11(9-15)8-10(12-13)2-3-14-4-6-16-7-5-14/h8,15H,2-7,9H2,1H3. The third kappa shape index (κ3) is 2.81. The summed E-state index contributed by atoms with van der Waals surface area (Å²) in [6.45, 7) is 4.78. The maximum Gasteiger partial charge on any atom is 0.0849 e. The van der Waals surface area contributed by atoms with Crippen molar-refractivity contribution in [1.29, 1.82) is 0 Å². The highest BCUT2D eigenvalue weighted by atomic mass is 16.5. The molecule has 1 fully saturated rings. The van der Waals surface area contributed by atoms with Crippen LogP contribution in [0.2, 0.25) is 0 Å². The van der Waals surface area contributed by atoms with Gasteiger partial charge in [0.15, 0.2) is 0 Å². The number of aliphatic hydroxyl groups excluding tert-OH is 1. The van der Waals surface area contributed by atoms with E-state index in [1.807, 2.05) is 13.1 Å². The van der Waals surface area contributed by atoms with Crippen molar-refractivity contribution in [3.63, 3.8) is 0 Å². The van der Waals surface area contributed by atoms with Gasteiger partial charge < -0.3 is 9.84 Å². The van der Waals surface area contributed by atoms with Crippen LogP contribution in [0.1, 0.15) is 11.4 Å². The fourth-order valence-electron chi connectivity index (χ4n) is 1.94. The second-order valence-electron chi connectivity index (χ2n) is 4.11. The summed E-state index contributed by atoms with van der Waals surface area (Å²) < 4.78 is 7.04. The van der Waals surface area contributed by atoms with Gasteiger partial charge >= 0.3 is 0 Å². The molecule has 2 rings (SSSR count). The van der Waals surface area contributed by atoms with Crippen LogP contribution in [0.25, 0.3) is 0 Å². The summed E-state index contributed by atoms with van der Waals surface area (Å²) in [5, 5.41) is 13.4. The highest BCUT2D eigenvalue weighted by Crippen LogP contribution is 2.05. The second-order valence-corrected chi connectivity index (χ2v) is 4.11. The van der Waals surface area contributed by atoms with Gasteiger partial charge in [-0.1, -0.05) is 0 Å². The Morgan fingerprint density at radius 2 is 2.19 bits per heavy atom. The molecule has 16 heavy (non-hydrogen) atoms. The Balaban J connectivity index is 1.83. The number of aryl methyl sites for hydroxylation is 1. The first-order valence-electron chi connectivity index (χ1n) is 5.72. The van der Waals surface area contributed by atoms with Crippen molar-refractivity contribution in [3.05, 3.63) is 17.5 Å². The van der Waals surface area contributed by atoms with Crippen LogP contribution in [-0.4, -0.2) is 52.6 Å². The Bertz CT molecular complexity index is 332. The first-order chi connectivity index (χ1) is 7.79. The predicted octanol–water partition coefficient (Wildman–Crippen LogP) is -0.213. The molecule has 0 unspecified atom stereocenters. The monoisotopic (exact) mass is 225 g/mol. The normalized spacial score (nSPS) is 17.9. The third-order valence-electron chi connectivity index (χ3n) is 2.98. The highest BCUT2D eigenvalue weighted by Gasteiger charge is 2.11. The van der Waals surface area contributed by atoms with Crippen LogP contribution in [0.3, 0.4) is 0 Å². The van der Waals surface area contributed by atoms with Gasteiger partial charge in [-0.05, 0) is 6.07 Å². The molecule has 1 saturated heterocycles.